The Balaban J connectivity index is 1.65. The van der Waals surface area contributed by atoms with E-state index >= 15 is 0 Å². The van der Waals surface area contributed by atoms with Crippen LogP contribution >= 0.6 is 0 Å². The molecule has 1 unspecified atom stereocenters. The van der Waals surface area contributed by atoms with Crippen molar-refractivity contribution in [1.82, 2.24) is 9.88 Å². The molecule has 27 heavy (non-hydrogen) atoms. The first-order valence-electron chi connectivity index (χ1n) is 9.28. The highest BCUT2D eigenvalue weighted by molar-refractivity contribution is 5.96. The lowest BCUT2D eigenvalue weighted by Gasteiger charge is -2.26. The number of amides is 1. The van der Waals surface area contributed by atoms with Gasteiger partial charge >= 0.3 is 0 Å². The van der Waals surface area contributed by atoms with Gasteiger partial charge in [-0.3, -0.25) is 14.5 Å². The fourth-order valence-electron chi connectivity index (χ4n) is 4.09. The van der Waals surface area contributed by atoms with Crippen molar-refractivity contribution in [3.63, 3.8) is 0 Å². The largest absolute Gasteiger partial charge is 0.366 e. The number of carbonyl (C=O) groups excluding carboxylic acids is 1. The third kappa shape index (κ3) is 3.38. The number of hydrogen-bond donors (Lipinski definition) is 2. The van der Waals surface area contributed by atoms with Gasteiger partial charge in [-0.15, -0.1) is 0 Å². The van der Waals surface area contributed by atoms with Crippen LogP contribution in [0.25, 0.3) is 10.9 Å². The quantitative estimate of drug-likeness (QED) is 0.748. The molecule has 5 heteroatoms. The van der Waals surface area contributed by atoms with E-state index in [0.717, 1.165) is 30.6 Å². The van der Waals surface area contributed by atoms with Crippen LogP contribution in [0, 0.1) is 6.92 Å². The molecule has 2 heterocycles. The maximum Gasteiger partial charge on any atom is 0.248 e. The van der Waals surface area contributed by atoms with Crippen molar-refractivity contribution in [2.24, 2.45) is 5.73 Å². The second kappa shape index (κ2) is 7.00. The van der Waals surface area contributed by atoms with E-state index in [1.165, 1.54) is 11.1 Å². The minimum absolute atomic E-state index is 0.0894. The van der Waals surface area contributed by atoms with Gasteiger partial charge in [-0.05, 0) is 55.6 Å². The van der Waals surface area contributed by atoms with Gasteiger partial charge in [0.1, 0.15) is 0 Å². The normalized spacial score (nSPS) is 17.4. The summed E-state index contributed by atoms with van der Waals surface area (Å²) in [6, 6.07) is 15.5. The first-order valence-corrected chi connectivity index (χ1v) is 9.28. The smallest absolute Gasteiger partial charge is 0.248 e. The number of likely N-dealkylation sites (tertiary alicyclic amines) is 1. The Hall–Kier alpha value is -2.92. The number of aromatic nitrogens is 1. The Labute approximate surface area is 157 Å². The van der Waals surface area contributed by atoms with Crippen LogP contribution in [0.5, 0.6) is 0 Å². The molecule has 0 saturated carbocycles. The summed E-state index contributed by atoms with van der Waals surface area (Å²) in [6.45, 7) is 3.86. The molecule has 2 aromatic carbocycles. The van der Waals surface area contributed by atoms with Gasteiger partial charge in [0.2, 0.25) is 5.91 Å². The van der Waals surface area contributed by atoms with Crippen molar-refractivity contribution in [3.8, 4) is 0 Å². The Morgan fingerprint density at radius 3 is 2.81 bits per heavy atom. The predicted octanol–water partition coefficient (Wildman–Crippen LogP) is 3.27. The Morgan fingerprint density at radius 1 is 1.22 bits per heavy atom. The topological polar surface area (TPSA) is 79.2 Å². The molecule has 1 aromatic heterocycles. The highest BCUT2D eigenvalue weighted by Gasteiger charge is 2.27. The molecule has 0 bridgehead atoms. The fourth-order valence-corrected chi connectivity index (χ4v) is 4.09. The lowest BCUT2D eigenvalue weighted by Crippen LogP contribution is -2.24. The van der Waals surface area contributed by atoms with E-state index in [4.69, 9.17) is 5.73 Å². The van der Waals surface area contributed by atoms with Gasteiger partial charge in [-0.2, -0.15) is 0 Å². The van der Waals surface area contributed by atoms with Gasteiger partial charge in [-0.25, -0.2) is 0 Å². The number of hydrogen-bond acceptors (Lipinski definition) is 3. The molecule has 1 amide bonds. The number of H-pyrrole nitrogens is 1. The lowest BCUT2D eigenvalue weighted by atomic mass is 9.99. The van der Waals surface area contributed by atoms with Crippen molar-refractivity contribution in [2.45, 2.75) is 32.4 Å². The van der Waals surface area contributed by atoms with E-state index in [2.05, 4.69) is 41.1 Å². The van der Waals surface area contributed by atoms with Crippen LogP contribution in [0.15, 0.2) is 53.3 Å². The number of aromatic amines is 1. The number of rotatable bonds is 4. The zero-order valence-electron chi connectivity index (χ0n) is 15.4. The SMILES string of the molecule is Cc1ccccc1C1CCCN1Cc1cc(=O)c2cc(C(N)=O)ccc2[nH]1. The lowest BCUT2D eigenvalue weighted by molar-refractivity contribution is 0.100. The predicted molar refractivity (Wildman–Crippen MR) is 107 cm³/mol. The van der Waals surface area contributed by atoms with E-state index in [1.54, 1.807) is 24.3 Å². The zero-order chi connectivity index (χ0) is 19.0. The third-order valence-corrected chi connectivity index (χ3v) is 5.45. The number of nitrogens with one attached hydrogen (secondary N) is 1. The van der Waals surface area contributed by atoms with E-state index < -0.39 is 5.91 Å². The maximum atomic E-state index is 12.6. The number of carbonyl (C=O) groups is 1. The summed E-state index contributed by atoms with van der Waals surface area (Å²) in [5.74, 6) is -0.529. The van der Waals surface area contributed by atoms with E-state index in [9.17, 15) is 9.59 Å². The molecular weight excluding hydrogens is 338 g/mol. The van der Waals surface area contributed by atoms with Crippen LogP contribution in [-0.4, -0.2) is 22.3 Å². The number of fused-ring (bicyclic) bond motifs is 1. The van der Waals surface area contributed by atoms with Crippen LogP contribution < -0.4 is 11.2 Å². The average molecular weight is 361 g/mol. The fraction of sp³-hybridized carbons (Fsp3) is 0.273. The number of nitrogens with two attached hydrogens (primary N) is 1. The summed E-state index contributed by atoms with van der Waals surface area (Å²) >= 11 is 0. The van der Waals surface area contributed by atoms with Gasteiger partial charge < -0.3 is 10.7 Å². The first kappa shape index (κ1) is 17.5. The molecular formula is C22H23N3O2. The minimum Gasteiger partial charge on any atom is -0.366 e. The molecule has 3 aromatic rings. The second-order valence-corrected chi connectivity index (χ2v) is 7.27. The van der Waals surface area contributed by atoms with Crippen molar-refractivity contribution in [3.05, 3.63) is 81.1 Å². The molecule has 1 atom stereocenters. The number of benzene rings is 2. The van der Waals surface area contributed by atoms with Crippen LogP contribution in [-0.2, 0) is 6.54 Å². The number of primary amides is 1. The van der Waals surface area contributed by atoms with Gasteiger partial charge in [0.15, 0.2) is 5.43 Å². The summed E-state index contributed by atoms with van der Waals surface area (Å²) in [5.41, 5.74) is 9.87. The van der Waals surface area contributed by atoms with Crippen LogP contribution in [0.3, 0.4) is 0 Å². The molecule has 5 nitrogen and oxygen atoms in total. The molecule has 0 spiro atoms. The Morgan fingerprint density at radius 2 is 2.04 bits per heavy atom. The summed E-state index contributed by atoms with van der Waals surface area (Å²) < 4.78 is 0. The third-order valence-electron chi connectivity index (χ3n) is 5.45. The van der Waals surface area contributed by atoms with Crippen molar-refractivity contribution in [2.75, 3.05) is 6.54 Å². The van der Waals surface area contributed by atoms with Crippen molar-refractivity contribution < 1.29 is 4.79 Å². The van der Waals surface area contributed by atoms with Crippen LogP contribution in [0.4, 0.5) is 0 Å². The molecule has 138 valence electrons. The minimum atomic E-state index is -0.529. The van der Waals surface area contributed by atoms with E-state index in [0.29, 0.717) is 23.5 Å². The number of pyridine rings is 1. The Bertz CT molecular complexity index is 1070. The van der Waals surface area contributed by atoms with Gasteiger partial charge in [-0.1, -0.05) is 24.3 Å². The molecule has 0 aliphatic carbocycles. The molecule has 0 radical (unpaired) electrons. The zero-order valence-corrected chi connectivity index (χ0v) is 15.4. The van der Waals surface area contributed by atoms with Crippen LogP contribution in [0.1, 0.15) is 46.1 Å². The summed E-state index contributed by atoms with van der Waals surface area (Å²) in [7, 11) is 0. The van der Waals surface area contributed by atoms with Gasteiger partial charge in [0.25, 0.3) is 0 Å². The summed E-state index contributed by atoms with van der Waals surface area (Å²) in [6.07, 6.45) is 2.28. The highest BCUT2D eigenvalue weighted by atomic mass is 16.1. The van der Waals surface area contributed by atoms with E-state index in [-0.39, 0.29) is 5.43 Å². The highest BCUT2D eigenvalue weighted by Crippen LogP contribution is 2.34. The Kier molecular flexibility index (Phi) is 4.54. The van der Waals surface area contributed by atoms with Crippen molar-refractivity contribution >= 4 is 16.8 Å². The summed E-state index contributed by atoms with van der Waals surface area (Å²) in [5, 5.41) is 0.493. The molecule has 1 saturated heterocycles. The average Bonchev–Trinajstić information content (AvgIpc) is 3.09. The number of nitrogens with zero attached hydrogens (tertiary/aromatic N) is 1. The molecule has 1 aliphatic heterocycles. The molecule has 1 fully saturated rings. The second-order valence-electron chi connectivity index (χ2n) is 7.27. The molecule has 1 aliphatic rings. The monoisotopic (exact) mass is 361 g/mol. The van der Waals surface area contributed by atoms with Gasteiger partial charge in [0.05, 0.1) is 0 Å². The maximum absolute atomic E-state index is 12.6. The standard InChI is InChI=1S/C22H23N3O2/c1-14-5-2-3-6-17(14)20-7-4-10-25(20)13-16-12-21(26)18-11-15(22(23)27)8-9-19(18)24-16/h2-3,5-6,8-9,11-12,20H,4,7,10,13H2,1H3,(H2,23,27)(H,24,26). The first-order chi connectivity index (χ1) is 13.0. The van der Waals surface area contributed by atoms with Crippen molar-refractivity contribution in [1.29, 1.82) is 0 Å². The summed E-state index contributed by atoms with van der Waals surface area (Å²) in [4.78, 5) is 29.7. The number of aryl methyl sites for hydroxylation is 1. The van der Waals surface area contributed by atoms with Crippen LogP contribution in [0.2, 0.25) is 0 Å². The molecule has 4 rings (SSSR count). The van der Waals surface area contributed by atoms with Gasteiger partial charge in [0, 0.05) is 40.8 Å². The molecule has 3 N–H and O–H groups in total. The van der Waals surface area contributed by atoms with E-state index in [1.807, 2.05) is 0 Å².